The Kier molecular flexibility index (Phi) is 5.27. The summed E-state index contributed by atoms with van der Waals surface area (Å²) in [5.41, 5.74) is 6.32. The summed E-state index contributed by atoms with van der Waals surface area (Å²) in [6.07, 6.45) is 1.09. The molecule has 0 aliphatic rings. The van der Waals surface area contributed by atoms with Crippen molar-refractivity contribution in [3.63, 3.8) is 0 Å². The summed E-state index contributed by atoms with van der Waals surface area (Å²) < 4.78 is 4.87. The highest BCUT2D eigenvalue weighted by atomic mass is 32.1. The number of likely N-dealkylation sites (N-methyl/N-ethyl adjacent to an activating group) is 1. The molecule has 0 spiro atoms. The molecule has 94 valence electrons. The van der Waals surface area contributed by atoms with Crippen molar-refractivity contribution in [1.82, 2.24) is 4.98 Å². The molecule has 0 fully saturated rings. The third-order valence-electron chi connectivity index (χ3n) is 2.26. The first-order chi connectivity index (χ1) is 8.06. The summed E-state index contributed by atoms with van der Waals surface area (Å²) in [5, 5.41) is 9.65. The fourth-order valence-electron chi connectivity index (χ4n) is 1.54. The molecule has 0 aliphatic heterocycles. The summed E-state index contributed by atoms with van der Waals surface area (Å²) in [6.45, 7) is 0.681. The van der Waals surface area contributed by atoms with Gasteiger partial charge in [0.15, 0.2) is 0 Å². The van der Waals surface area contributed by atoms with Crippen LogP contribution in [0.3, 0.4) is 0 Å². The van der Waals surface area contributed by atoms with Crippen LogP contribution in [-0.2, 0) is 4.74 Å². The molecule has 3 N–H and O–H groups in total. The average Bonchev–Trinajstić information content (AvgIpc) is 2.29. The summed E-state index contributed by atoms with van der Waals surface area (Å²) >= 11 is 4.96. The van der Waals surface area contributed by atoms with Crippen molar-refractivity contribution >= 4 is 23.0 Å². The third kappa shape index (κ3) is 3.92. The van der Waals surface area contributed by atoms with Crippen LogP contribution >= 0.6 is 12.2 Å². The van der Waals surface area contributed by atoms with Gasteiger partial charge in [0.05, 0.1) is 18.3 Å². The Morgan fingerprint density at radius 2 is 2.41 bits per heavy atom. The minimum Gasteiger partial charge on any atom is -0.389 e. The van der Waals surface area contributed by atoms with Gasteiger partial charge in [-0.3, -0.25) is 0 Å². The lowest BCUT2D eigenvalue weighted by molar-refractivity contribution is 0.0694. The van der Waals surface area contributed by atoms with Crippen LogP contribution in [0, 0.1) is 0 Å². The van der Waals surface area contributed by atoms with Gasteiger partial charge in [0, 0.05) is 26.9 Å². The van der Waals surface area contributed by atoms with E-state index in [9.17, 15) is 5.11 Å². The minimum absolute atomic E-state index is 0.277. The van der Waals surface area contributed by atoms with E-state index in [2.05, 4.69) is 4.98 Å². The zero-order valence-corrected chi connectivity index (χ0v) is 10.8. The van der Waals surface area contributed by atoms with Gasteiger partial charge >= 0.3 is 0 Å². The van der Waals surface area contributed by atoms with Gasteiger partial charge < -0.3 is 20.5 Å². The van der Waals surface area contributed by atoms with Gasteiger partial charge in [-0.15, -0.1) is 0 Å². The summed E-state index contributed by atoms with van der Waals surface area (Å²) in [6, 6.07) is 3.58. The molecule has 5 nitrogen and oxygen atoms in total. The second-order valence-electron chi connectivity index (χ2n) is 3.73. The first-order valence-corrected chi connectivity index (χ1v) is 5.60. The molecule has 1 rings (SSSR count). The Hall–Kier alpha value is -1.24. The van der Waals surface area contributed by atoms with Crippen LogP contribution in [0.4, 0.5) is 5.82 Å². The number of hydrogen-bond acceptors (Lipinski definition) is 5. The number of rotatable bonds is 6. The number of methoxy groups -OCH3 is 1. The number of pyridine rings is 1. The molecule has 0 aromatic carbocycles. The maximum absolute atomic E-state index is 9.65. The zero-order chi connectivity index (χ0) is 12.8. The van der Waals surface area contributed by atoms with E-state index in [1.165, 1.54) is 0 Å². The second-order valence-corrected chi connectivity index (χ2v) is 4.17. The average molecular weight is 255 g/mol. The smallest absolute Gasteiger partial charge is 0.138 e. The molecule has 0 amide bonds. The van der Waals surface area contributed by atoms with Crippen LogP contribution < -0.4 is 10.6 Å². The van der Waals surface area contributed by atoms with Crippen LogP contribution in [0.15, 0.2) is 18.3 Å². The highest BCUT2D eigenvalue weighted by molar-refractivity contribution is 7.80. The lowest BCUT2D eigenvalue weighted by Crippen LogP contribution is -2.33. The standard InChI is InChI=1S/C11H17N3O2S/c1-14(6-8(15)7-16-2)11-9(10(12)17)4-3-5-13-11/h3-5,8,15H,6-7H2,1-2H3,(H2,12,17). The third-order valence-corrected chi connectivity index (χ3v) is 2.48. The molecule has 0 aliphatic carbocycles. The number of thiocarbonyl (C=S) groups is 1. The van der Waals surface area contributed by atoms with E-state index in [0.717, 1.165) is 0 Å². The van der Waals surface area contributed by atoms with Gasteiger partial charge in [-0.1, -0.05) is 12.2 Å². The second kappa shape index (κ2) is 6.48. The van der Waals surface area contributed by atoms with Crippen molar-refractivity contribution in [2.45, 2.75) is 6.10 Å². The van der Waals surface area contributed by atoms with E-state index in [4.69, 9.17) is 22.7 Å². The summed E-state index contributed by atoms with van der Waals surface area (Å²) in [4.78, 5) is 6.32. The lowest BCUT2D eigenvalue weighted by Gasteiger charge is -2.23. The molecule has 0 saturated heterocycles. The van der Waals surface area contributed by atoms with E-state index in [1.807, 2.05) is 13.1 Å². The van der Waals surface area contributed by atoms with E-state index in [1.54, 1.807) is 24.3 Å². The van der Waals surface area contributed by atoms with Crippen LogP contribution in [0.25, 0.3) is 0 Å². The predicted molar refractivity (Wildman–Crippen MR) is 71.3 cm³/mol. The van der Waals surface area contributed by atoms with Gasteiger partial charge in [-0.25, -0.2) is 4.98 Å². The quantitative estimate of drug-likeness (QED) is 0.706. The monoisotopic (exact) mass is 255 g/mol. The molecule has 1 heterocycles. The highest BCUT2D eigenvalue weighted by Gasteiger charge is 2.14. The molecule has 1 aromatic rings. The van der Waals surface area contributed by atoms with Crippen molar-refractivity contribution in [3.05, 3.63) is 23.9 Å². The number of hydrogen-bond donors (Lipinski definition) is 2. The molecule has 0 bridgehead atoms. The van der Waals surface area contributed by atoms with Crippen LogP contribution in [0.5, 0.6) is 0 Å². The summed E-state index contributed by atoms with van der Waals surface area (Å²) in [7, 11) is 3.37. The first-order valence-electron chi connectivity index (χ1n) is 5.19. The Morgan fingerprint density at radius 3 is 3.00 bits per heavy atom. The number of anilines is 1. The van der Waals surface area contributed by atoms with Crippen LogP contribution in [0.1, 0.15) is 5.56 Å². The van der Waals surface area contributed by atoms with Gasteiger partial charge in [-0.05, 0) is 12.1 Å². The van der Waals surface area contributed by atoms with Crippen LogP contribution in [-0.4, -0.2) is 48.5 Å². The topological polar surface area (TPSA) is 71.6 Å². The molecule has 6 heteroatoms. The zero-order valence-electron chi connectivity index (χ0n) is 9.96. The normalized spacial score (nSPS) is 12.2. The van der Waals surface area contributed by atoms with E-state index in [0.29, 0.717) is 22.9 Å². The molecule has 1 atom stereocenters. The molecule has 17 heavy (non-hydrogen) atoms. The number of nitrogens with zero attached hydrogens (tertiary/aromatic N) is 2. The van der Waals surface area contributed by atoms with Gasteiger partial charge in [0.1, 0.15) is 10.8 Å². The molecule has 0 saturated carbocycles. The molecule has 1 unspecified atom stereocenters. The first kappa shape index (κ1) is 13.8. The van der Waals surface area contributed by atoms with E-state index in [-0.39, 0.29) is 6.61 Å². The van der Waals surface area contributed by atoms with Crippen molar-refractivity contribution in [2.75, 3.05) is 32.2 Å². The number of aliphatic hydroxyl groups is 1. The van der Waals surface area contributed by atoms with E-state index >= 15 is 0 Å². The number of aliphatic hydroxyl groups excluding tert-OH is 1. The molecular formula is C11H17N3O2S. The van der Waals surface area contributed by atoms with Crippen molar-refractivity contribution in [3.8, 4) is 0 Å². The Bertz CT molecular complexity index is 387. The summed E-state index contributed by atoms with van der Waals surface area (Å²) in [5.74, 6) is 0.662. The number of nitrogens with two attached hydrogens (primary N) is 1. The van der Waals surface area contributed by atoms with Crippen molar-refractivity contribution in [1.29, 1.82) is 0 Å². The molecule has 1 aromatic heterocycles. The SMILES string of the molecule is COCC(O)CN(C)c1ncccc1C(N)=S. The Balaban J connectivity index is 2.81. The molecular weight excluding hydrogens is 238 g/mol. The Morgan fingerprint density at radius 1 is 1.71 bits per heavy atom. The largest absolute Gasteiger partial charge is 0.389 e. The molecule has 0 radical (unpaired) electrons. The number of ether oxygens (including phenoxy) is 1. The van der Waals surface area contributed by atoms with Gasteiger partial charge in [0.25, 0.3) is 0 Å². The van der Waals surface area contributed by atoms with Crippen LogP contribution in [0.2, 0.25) is 0 Å². The highest BCUT2D eigenvalue weighted by Crippen LogP contribution is 2.15. The minimum atomic E-state index is -0.578. The fourth-order valence-corrected chi connectivity index (χ4v) is 1.70. The predicted octanol–water partition coefficient (Wildman–Crippen LogP) is 0.159. The van der Waals surface area contributed by atoms with Crippen molar-refractivity contribution in [2.24, 2.45) is 5.73 Å². The maximum atomic E-state index is 9.65. The fraction of sp³-hybridized carbons (Fsp3) is 0.455. The van der Waals surface area contributed by atoms with Crippen molar-refractivity contribution < 1.29 is 9.84 Å². The van der Waals surface area contributed by atoms with Gasteiger partial charge in [-0.2, -0.15) is 0 Å². The van der Waals surface area contributed by atoms with Gasteiger partial charge in [0.2, 0.25) is 0 Å². The van der Waals surface area contributed by atoms with E-state index < -0.39 is 6.10 Å². The maximum Gasteiger partial charge on any atom is 0.138 e. The Labute approximate surface area is 106 Å². The lowest BCUT2D eigenvalue weighted by atomic mass is 10.2. The number of aromatic nitrogens is 1.